The standard InChI is InChI=1S/C14H16F3N.C2H6.C2H4.CH5NO/c1-4-5-11-6-8-12(9-7-11)13(14(15,16)17)18-10(2)3;2*1-2;2-1-3/h6-10,13,18H,1-3H3;1-2H3;1-2H2;3H,1-2H2. The van der Waals surface area contributed by atoms with E-state index in [9.17, 15) is 13.2 Å². The summed E-state index contributed by atoms with van der Waals surface area (Å²) >= 11 is 0. The predicted octanol–water partition coefficient (Wildman–Crippen LogP) is 4.38. The molecule has 0 bridgehead atoms. The third kappa shape index (κ3) is 14.3. The first-order valence-electron chi connectivity index (χ1n) is 7.92. The number of benzene rings is 1. The SMILES string of the molecule is C=C.CC.CC#Cc1ccc(C(NC(C)C)C(F)(F)F)cc1.NCO. The molecule has 1 rings (SSSR count). The van der Waals surface area contributed by atoms with E-state index >= 15 is 0 Å². The third-order valence-corrected chi connectivity index (χ3v) is 2.34. The maximum absolute atomic E-state index is 12.9. The van der Waals surface area contributed by atoms with Crippen LogP contribution in [0.15, 0.2) is 37.4 Å². The number of rotatable bonds is 3. The fourth-order valence-electron chi connectivity index (χ4n) is 1.62. The van der Waals surface area contributed by atoms with E-state index in [0.717, 1.165) is 0 Å². The van der Waals surface area contributed by atoms with Crippen molar-refractivity contribution in [2.75, 3.05) is 6.73 Å². The zero-order valence-electron chi connectivity index (χ0n) is 15.7. The summed E-state index contributed by atoms with van der Waals surface area (Å²) < 4.78 is 38.8. The van der Waals surface area contributed by atoms with Crippen LogP contribution in [-0.2, 0) is 0 Å². The minimum Gasteiger partial charge on any atom is -0.382 e. The van der Waals surface area contributed by atoms with Crippen molar-refractivity contribution in [1.29, 1.82) is 0 Å². The Labute approximate surface area is 150 Å². The number of aliphatic hydroxyl groups is 1. The van der Waals surface area contributed by atoms with Crippen LogP contribution in [0.5, 0.6) is 0 Å². The van der Waals surface area contributed by atoms with E-state index in [1.54, 1.807) is 32.9 Å². The quantitative estimate of drug-likeness (QED) is 0.426. The molecule has 3 nitrogen and oxygen atoms in total. The second kappa shape index (κ2) is 17.0. The van der Waals surface area contributed by atoms with Gasteiger partial charge in [-0.3, -0.25) is 0 Å². The highest BCUT2D eigenvalue weighted by Gasteiger charge is 2.40. The molecule has 0 aliphatic carbocycles. The Balaban J connectivity index is -0.000000605. The van der Waals surface area contributed by atoms with E-state index in [-0.39, 0.29) is 18.3 Å². The van der Waals surface area contributed by atoms with Crippen molar-refractivity contribution in [2.45, 2.75) is 52.9 Å². The van der Waals surface area contributed by atoms with Crippen molar-refractivity contribution < 1.29 is 18.3 Å². The van der Waals surface area contributed by atoms with Crippen LogP contribution < -0.4 is 11.1 Å². The lowest BCUT2D eigenvalue weighted by atomic mass is 10.0. The van der Waals surface area contributed by atoms with Crippen molar-refractivity contribution in [3.8, 4) is 11.8 Å². The van der Waals surface area contributed by atoms with Crippen LogP contribution in [-0.4, -0.2) is 24.1 Å². The maximum atomic E-state index is 12.9. The summed E-state index contributed by atoms with van der Waals surface area (Å²) in [7, 11) is 0. The molecule has 0 saturated carbocycles. The van der Waals surface area contributed by atoms with Gasteiger partial charge in [-0.05, 0) is 24.6 Å². The van der Waals surface area contributed by atoms with E-state index in [0.29, 0.717) is 5.56 Å². The van der Waals surface area contributed by atoms with Gasteiger partial charge in [-0.1, -0.05) is 45.7 Å². The van der Waals surface area contributed by atoms with E-state index in [1.165, 1.54) is 12.1 Å². The summed E-state index contributed by atoms with van der Waals surface area (Å²) in [5.41, 5.74) is 5.32. The molecule has 1 aromatic carbocycles. The largest absolute Gasteiger partial charge is 0.407 e. The first-order chi connectivity index (χ1) is 11.8. The molecule has 1 aromatic rings. The topological polar surface area (TPSA) is 58.3 Å². The molecule has 144 valence electrons. The molecule has 4 N–H and O–H groups in total. The summed E-state index contributed by atoms with van der Waals surface area (Å²) in [4.78, 5) is 0. The molecule has 0 aliphatic rings. The summed E-state index contributed by atoms with van der Waals surface area (Å²) in [6.45, 7) is 14.8. The van der Waals surface area contributed by atoms with Crippen LogP contribution in [0.4, 0.5) is 13.2 Å². The second-order valence-corrected chi connectivity index (χ2v) is 4.48. The van der Waals surface area contributed by atoms with Gasteiger partial charge in [-0.15, -0.1) is 19.1 Å². The summed E-state index contributed by atoms with van der Waals surface area (Å²) in [5, 5.41) is 9.87. The van der Waals surface area contributed by atoms with E-state index in [1.807, 2.05) is 13.8 Å². The maximum Gasteiger partial charge on any atom is 0.407 e. The highest BCUT2D eigenvalue weighted by atomic mass is 19.4. The van der Waals surface area contributed by atoms with E-state index in [4.69, 9.17) is 5.11 Å². The number of nitrogens with two attached hydrogens (primary N) is 1. The minimum absolute atomic E-state index is 0.206. The van der Waals surface area contributed by atoms with Crippen molar-refractivity contribution in [3.63, 3.8) is 0 Å². The van der Waals surface area contributed by atoms with Crippen LogP contribution in [0, 0.1) is 11.8 Å². The third-order valence-electron chi connectivity index (χ3n) is 2.34. The van der Waals surface area contributed by atoms with E-state index < -0.39 is 12.2 Å². The van der Waals surface area contributed by atoms with Crippen LogP contribution >= 0.6 is 0 Å². The molecule has 0 aromatic heterocycles. The normalized spacial score (nSPS) is 10.5. The van der Waals surface area contributed by atoms with Gasteiger partial charge >= 0.3 is 6.18 Å². The van der Waals surface area contributed by atoms with Crippen LogP contribution in [0.25, 0.3) is 0 Å². The molecule has 6 heteroatoms. The van der Waals surface area contributed by atoms with Gasteiger partial charge in [0.25, 0.3) is 0 Å². The minimum atomic E-state index is -4.30. The van der Waals surface area contributed by atoms with Crippen LogP contribution in [0.2, 0.25) is 0 Å². The van der Waals surface area contributed by atoms with Gasteiger partial charge in [-0.2, -0.15) is 13.2 Å². The van der Waals surface area contributed by atoms with Gasteiger partial charge in [0.1, 0.15) is 6.04 Å². The van der Waals surface area contributed by atoms with Gasteiger partial charge in [0.05, 0.1) is 6.73 Å². The zero-order chi connectivity index (χ0) is 20.5. The molecule has 0 aliphatic heterocycles. The monoisotopic (exact) mass is 360 g/mol. The van der Waals surface area contributed by atoms with Gasteiger partial charge in [0.2, 0.25) is 0 Å². The molecule has 0 heterocycles. The molecule has 25 heavy (non-hydrogen) atoms. The molecule has 1 atom stereocenters. The van der Waals surface area contributed by atoms with Gasteiger partial charge < -0.3 is 16.2 Å². The number of alkyl halides is 3. The molecule has 0 fully saturated rings. The van der Waals surface area contributed by atoms with Crippen LogP contribution in [0.1, 0.15) is 51.8 Å². The summed E-state index contributed by atoms with van der Waals surface area (Å²) in [6.07, 6.45) is -4.30. The molecule has 1 unspecified atom stereocenters. The summed E-state index contributed by atoms with van der Waals surface area (Å²) in [5.74, 6) is 5.51. The van der Waals surface area contributed by atoms with Crippen molar-refractivity contribution in [2.24, 2.45) is 5.73 Å². The Kier molecular flexibility index (Phi) is 19.1. The summed E-state index contributed by atoms with van der Waals surface area (Å²) in [6, 6.07) is 4.26. The second-order valence-electron chi connectivity index (χ2n) is 4.48. The van der Waals surface area contributed by atoms with Crippen molar-refractivity contribution in [1.82, 2.24) is 5.32 Å². The molecule has 0 amide bonds. The molecule has 0 spiro atoms. The fourth-order valence-corrected chi connectivity index (χ4v) is 1.62. The van der Waals surface area contributed by atoms with Crippen LogP contribution in [0.3, 0.4) is 0 Å². The molecule has 0 saturated heterocycles. The Bertz CT molecular complexity index is 474. The Morgan fingerprint density at radius 2 is 1.56 bits per heavy atom. The van der Waals surface area contributed by atoms with Gasteiger partial charge in [0, 0.05) is 11.6 Å². The number of hydrogen-bond donors (Lipinski definition) is 3. The highest BCUT2D eigenvalue weighted by Crippen LogP contribution is 2.33. The average Bonchev–Trinajstić information content (AvgIpc) is 2.57. The number of aliphatic hydroxyl groups excluding tert-OH is 1. The smallest absolute Gasteiger partial charge is 0.382 e. The van der Waals surface area contributed by atoms with Crippen molar-refractivity contribution >= 4 is 0 Å². The lowest BCUT2D eigenvalue weighted by molar-refractivity contribution is -0.159. The van der Waals surface area contributed by atoms with E-state index in [2.05, 4.69) is 36.0 Å². The average molecular weight is 360 g/mol. The molecule has 0 radical (unpaired) electrons. The number of nitrogens with one attached hydrogen (secondary N) is 1. The lowest BCUT2D eigenvalue weighted by Gasteiger charge is -2.24. The Morgan fingerprint density at radius 3 is 1.84 bits per heavy atom. The number of hydrogen-bond acceptors (Lipinski definition) is 3. The molecular formula is C19H31F3N2O. The first-order valence-corrected chi connectivity index (χ1v) is 7.92. The molecular weight excluding hydrogens is 329 g/mol. The van der Waals surface area contributed by atoms with Gasteiger partial charge in [0.15, 0.2) is 0 Å². The lowest BCUT2D eigenvalue weighted by Crippen LogP contribution is -2.38. The highest BCUT2D eigenvalue weighted by molar-refractivity contribution is 5.37. The number of halogens is 3. The Morgan fingerprint density at radius 1 is 1.16 bits per heavy atom. The fraction of sp³-hybridized carbons (Fsp3) is 0.474. The predicted molar refractivity (Wildman–Crippen MR) is 99.9 cm³/mol. The first kappa shape index (κ1) is 28.0. The van der Waals surface area contributed by atoms with Crippen molar-refractivity contribution in [3.05, 3.63) is 48.6 Å². The van der Waals surface area contributed by atoms with Gasteiger partial charge in [-0.25, -0.2) is 0 Å². The Hall–Kier alpha value is -1.81. The zero-order valence-corrected chi connectivity index (χ0v) is 15.7.